The molecule has 162 valence electrons. The van der Waals surface area contributed by atoms with Gasteiger partial charge in [0, 0.05) is 37.2 Å². The summed E-state index contributed by atoms with van der Waals surface area (Å²) in [5.41, 5.74) is 1.72. The van der Waals surface area contributed by atoms with Crippen LogP contribution >= 0.6 is 0 Å². The third-order valence-corrected chi connectivity index (χ3v) is 4.37. The molecule has 1 atom stereocenters. The summed E-state index contributed by atoms with van der Waals surface area (Å²) in [4.78, 5) is 41.8. The number of hydrogen-bond acceptors (Lipinski definition) is 5. The summed E-state index contributed by atoms with van der Waals surface area (Å²) < 4.78 is 0. The van der Waals surface area contributed by atoms with Gasteiger partial charge in [-0.2, -0.15) is 5.26 Å². The Bertz CT molecular complexity index is 938. The van der Waals surface area contributed by atoms with Crippen molar-refractivity contribution in [3.05, 3.63) is 59.9 Å². The maximum Gasteiger partial charge on any atom is 0.319 e. The van der Waals surface area contributed by atoms with Crippen LogP contribution in [0.5, 0.6) is 0 Å². The van der Waals surface area contributed by atoms with Crippen LogP contribution in [0.1, 0.15) is 36.2 Å². The van der Waals surface area contributed by atoms with E-state index in [0.29, 0.717) is 24.2 Å². The molecule has 0 fully saturated rings. The second-order valence-corrected chi connectivity index (χ2v) is 7.40. The van der Waals surface area contributed by atoms with Crippen LogP contribution in [0.3, 0.4) is 0 Å². The largest absolute Gasteiger partial charge is 0.340 e. The summed E-state index contributed by atoms with van der Waals surface area (Å²) in [6.07, 6.45) is 5.49. The van der Waals surface area contributed by atoms with Crippen LogP contribution in [0.4, 0.5) is 10.5 Å². The number of likely N-dealkylation sites (N-methyl/N-ethyl adjacent to an activating group) is 1. The molecule has 0 spiro atoms. The van der Waals surface area contributed by atoms with Gasteiger partial charge in [-0.05, 0) is 48.2 Å². The molecular weight excluding hydrogens is 396 g/mol. The second-order valence-electron chi connectivity index (χ2n) is 7.40. The van der Waals surface area contributed by atoms with Gasteiger partial charge in [0.2, 0.25) is 0 Å². The Balaban J connectivity index is 1.94. The quantitative estimate of drug-likeness (QED) is 0.445. The lowest BCUT2D eigenvalue weighted by Crippen LogP contribution is -2.46. The monoisotopic (exact) mass is 422 g/mol. The molecule has 1 unspecified atom stereocenters. The van der Waals surface area contributed by atoms with Crippen molar-refractivity contribution in [3.63, 3.8) is 0 Å². The molecule has 1 aromatic carbocycles. The normalized spacial score (nSPS) is 11.2. The molecule has 0 bridgehead atoms. The SMILES string of the molecule is CC(C)CC(NC(=O)c1ccc(NC(=O)NCc2cccnc2)cc1)C(=O)N(C)C#N. The number of rotatable bonds is 8. The zero-order valence-electron chi connectivity index (χ0n) is 17.8. The highest BCUT2D eigenvalue weighted by Gasteiger charge is 2.25. The van der Waals surface area contributed by atoms with Crippen molar-refractivity contribution in [1.82, 2.24) is 20.5 Å². The Morgan fingerprint density at radius 3 is 2.45 bits per heavy atom. The fraction of sp³-hybridized carbons (Fsp3) is 0.318. The first-order valence-electron chi connectivity index (χ1n) is 9.82. The Morgan fingerprint density at radius 2 is 1.87 bits per heavy atom. The number of nitrogens with one attached hydrogen (secondary N) is 3. The Labute approximate surface area is 181 Å². The number of urea groups is 1. The van der Waals surface area contributed by atoms with Crippen LogP contribution < -0.4 is 16.0 Å². The van der Waals surface area contributed by atoms with Crippen molar-refractivity contribution in [2.45, 2.75) is 32.9 Å². The first-order chi connectivity index (χ1) is 14.8. The van der Waals surface area contributed by atoms with Gasteiger partial charge in [0.1, 0.15) is 6.04 Å². The summed E-state index contributed by atoms with van der Waals surface area (Å²) in [6, 6.07) is 8.76. The van der Waals surface area contributed by atoms with Gasteiger partial charge in [-0.25, -0.2) is 4.79 Å². The van der Waals surface area contributed by atoms with E-state index >= 15 is 0 Å². The van der Waals surface area contributed by atoms with Crippen molar-refractivity contribution in [3.8, 4) is 6.19 Å². The Kier molecular flexibility index (Phi) is 8.52. The van der Waals surface area contributed by atoms with E-state index in [9.17, 15) is 14.4 Å². The minimum atomic E-state index is -0.798. The third-order valence-electron chi connectivity index (χ3n) is 4.37. The highest BCUT2D eigenvalue weighted by Crippen LogP contribution is 2.12. The molecule has 1 heterocycles. The maximum absolute atomic E-state index is 12.6. The summed E-state index contributed by atoms with van der Waals surface area (Å²) >= 11 is 0. The molecular formula is C22H26N6O3. The van der Waals surface area contributed by atoms with E-state index in [0.717, 1.165) is 10.5 Å². The predicted octanol–water partition coefficient (Wildman–Crippen LogP) is 2.49. The number of hydrogen-bond donors (Lipinski definition) is 3. The average molecular weight is 422 g/mol. The molecule has 2 aromatic rings. The van der Waals surface area contributed by atoms with Crippen molar-refractivity contribution >= 4 is 23.5 Å². The van der Waals surface area contributed by atoms with Gasteiger partial charge in [0.15, 0.2) is 6.19 Å². The molecule has 0 aliphatic heterocycles. The van der Waals surface area contributed by atoms with Gasteiger partial charge in [-0.1, -0.05) is 19.9 Å². The molecule has 0 radical (unpaired) electrons. The van der Waals surface area contributed by atoms with E-state index < -0.39 is 17.9 Å². The molecule has 0 aliphatic rings. The summed E-state index contributed by atoms with van der Waals surface area (Å²) in [6.45, 7) is 4.19. The molecule has 0 saturated heterocycles. The minimum absolute atomic E-state index is 0.151. The van der Waals surface area contributed by atoms with Crippen LogP contribution in [0.2, 0.25) is 0 Å². The Hall–Kier alpha value is -3.93. The van der Waals surface area contributed by atoms with Crippen molar-refractivity contribution in [2.24, 2.45) is 5.92 Å². The number of aromatic nitrogens is 1. The minimum Gasteiger partial charge on any atom is -0.340 e. The number of benzene rings is 1. The van der Waals surface area contributed by atoms with Gasteiger partial charge < -0.3 is 16.0 Å². The molecule has 0 aliphatic carbocycles. The van der Waals surface area contributed by atoms with Crippen LogP contribution in [0.15, 0.2) is 48.8 Å². The number of nitrogens with zero attached hydrogens (tertiary/aromatic N) is 3. The number of amides is 4. The van der Waals surface area contributed by atoms with Crippen molar-refractivity contribution < 1.29 is 14.4 Å². The van der Waals surface area contributed by atoms with Crippen LogP contribution in [0, 0.1) is 17.4 Å². The Morgan fingerprint density at radius 1 is 1.16 bits per heavy atom. The smallest absolute Gasteiger partial charge is 0.319 e. The molecule has 9 nitrogen and oxygen atoms in total. The van der Waals surface area contributed by atoms with Crippen molar-refractivity contribution in [2.75, 3.05) is 12.4 Å². The van der Waals surface area contributed by atoms with Gasteiger partial charge in [0.05, 0.1) is 0 Å². The summed E-state index contributed by atoms with van der Waals surface area (Å²) in [7, 11) is 1.36. The van der Waals surface area contributed by atoms with Crippen LogP contribution in [-0.2, 0) is 11.3 Å². The topological polar surface area (TPSA) is 127 Å². The molecule has 0 saturated carbocycles. The number of anilines is 1. The van der Waals surface area contributed by atoms with E-state index in [-0.39, 0.29) is 11.9 Å². The summed E-state index contributed by atoms with van der Waals surface area (Å²) in [5.74, 6) is -0.746. The zero-order chi connectivity index (χ0) is 22.8. The molecule has 1 aromatic heterocycles. The van der Waals surface area contributed by atoms with E-state index in [2.05, 4.69) is 20.9 Å². The van der Waals surface area contributed by atoms with Gasteiger partial charge in [-0.15, -0.1) is 0 Å². The second kappa shape index (κ2) is 11.3. The molecule has 31 heavy (non-hydrogen) atoms. The van der Waals surface area contributed by atoms with Crippen LogP contribution in [-0.4, -0.2) is 40.8 Å². The molecule has 3 N–H and O–H groups in total. The maximum atomic E-state index is 12.6. The number of pyridine rings is 1. The lowest BCUT2D eigenvalue weighted by molar-refractivity contribution is -0.129. The van der Waals surface area contributed by atoms with Gasteiger partial charge >= 0.3 is 6.03 Å². The van der Waals surface area contributed by atoms with Crippen molar-refractivity contribution in [1.29, 1.82) is 5.26 Å². The fourth-order valence-electron chi connectivity index (χ4n) is 2.78. The zero-order valence-corrected chi connectivity index (χ0v) is 17.8. The highest BCUT2D eigenvalue weighted by atomic mass is 16.2. The molecule has 4 amide bonds. The summed E-state index contributed by atoms with van der Waals surface area (Å²) in [5, 5.41) is 17.0. The number of carbonyl (C=O) groups excluding carboxylic acids is 3. The average Bonchev–Trinajstić information content (AvgIpc) is 2.77. The highest BCUT2D eigenvalue weighted by molar-refractivity contribution is 5.98. The first kappa shape index (κ1) is 23.3. The fourth-order valence-corrected chi connectivity index (χ4v) is 2.78. The van der Waals surface area contributed by atoms with E-state index in [4.69, 9.17) is 5.26 Å². The van der Waals surface area contributed by atoms with E-state index in [1.807, 2.05) is 19.9 Å². The standard InChI is InChI=1S/C22H26N6O3/c1-15(2)11-19(21(30)28(3)14-23)27-20(29)17-6-8-18(9-7-17)26-22(31)25-13-16-5-4-10-24-12-16/h4-10,12,15,19H,11,13H2,1-3H3,(H,27,29)(H2,25,26,31). The van der Waals surface area contributed by atoms with Gasteiger partial charge in [0.25, 0.3) is 11.8 Å². The third kappa shape index (κ3) is 7.44. The molecule has 2 rings (SSSR count). The lowest BCUT2D eigenvalue weighted by Gasteiger charge is -2.21. The molecule has 9 heteroatoms. The van der Waals surface area contributed by atoms with Crippen LogP contribution in [0.25, 0.3) is 0 Å². The van der Waals surface area contributed by atoms with Gasteiger partial charge in [-0.3, -0.25) is 19.5 Å². The first-order valence-corrected chi connectivity index (χ1v) is 9.82. The van der Waals surface area contributed by atoms with E-state index in [1.54, 1.807) is 48.9 Å². The van der Waals surface area contributed by atoms with E-state index in [1.165, 1.54) is 7.05 Å². The number of nitriles is 1. The predicted molar refractivity (Wildman–Crippen MR) is 116 cm³/mol. The lowest BCUT2D eigenvalue weighted by atomic mass is 10.0. The number of carbonyl (C=O) groups is 3.